The number of nitrogens with zero attached hydrogens (tertiary/aromatic N) is 1. The summed E-state index contributed by atoms with van der Waals surface area (Å²) in [4.78, 5) is 2.37. The SMILES string of the molecule is Cc1cc(C)cc(OCCCN2CC(CO)C2)c1. The van der Waals surface area contributed by atoms with Crippen LogP contribution < -0.4 is 4.74 Å². The van der Waals surface area contributed by atoms with Crippen molar-refractivity contribution >= 4 is 0 Å². The Bertz CT molecular complexity index is 366. The highest BCUT2D eigenvalue weighted by Gasteiger charge is 2.24. The third-order valence-corrected chi connectivity index (χ3v) is 3.37. The van der Waals surface area contributed by atoms with Gasteiger partial charge in [0.2, 0.25) is 0 Å². The summed E-state index contributed by atoms with van der Waals surface area (Å²) in [6, 6.07) is 6.32. The standard InChI is InChI=1S/C15H23NO2/c1-12-6-13(2)8-15(7-12)18-5-3-4-16-9-14(10-16)11-17/h6-8,14,17H,3-5,9-11H2,1-2H3. The molecular formula is C15H23NO2. The largest absolute Gasteiger partial charge is 0.494 e. The van der Waals surface area contributed by atoms with Gasteiger partial charge < -0.3 is 14.7 Å². The van der Waals surface area contributed by atoms with Crippen molar-refractivity contribution in [1.29, 1.82) is 0 Å². The molecule has 0 aliphatic carbocycles. The summed E-state index contributed by atoms with van der Waals surface area (Å²) in [5.41, 5.74) is 2.50. The molecule has 100 valence electrons. The second-order valence-corrected chi connectivity index (χ2v) is 5.33. The summed E-state index contributed by atoms with van der Waals surface area (Å²) in [6.07, 6.45) is 1.05. The molecule has 0 atom stereocenters. The first-order valence-electron chi connectivity index (χ1n) is 6.71. The number of likely N-dealkylation sites (tertiary alicyclic amines) is 1. The second kappa shape index (κ2) is 6.21. The predicted octanol–water partition coefficient (Wildman–Crippen LogP) is 2.00. The Kier molecular flexibility index (Phi) is 4.61. The van der Waals surface area contributed by atoms with Gasteiger partial charge in [-0.15, -0.1) is 0 Å². The molecule has 2 rings (SSSR count). The van der Waals surface area contributed by atoms with Crippen LogP contribution in [0.4, 0.5) is 0 Å². The molecule has 1 saturated heterocycles. The molecule has 0 spiro atoms. The Morgan fingerprint density at radius 3 is 2.50 bits per heavy atom. The molecule has 0 bridgehead atoms. The fourth-order valence-corrected chi connectivity index (χ4v) is 2.47. The maximum atomic E-state index is 8.92. The maximum absolute atomic E-state index is 8.92. The average Bonchev–Trinajstić information content (AvgIpc) is 2.25. The van der Waals surface area contributed by atoms with Gasteiger partial charge in [0.25, 0.3) is 0 Å². The van der Waals surface area contributed by atoms with Gasteiger partial charge in [0.15, 0.2) is 0 Å². The molecule has 0 aromatic heterocycles. The first kappa shape index (κ1) is 13.4. The summed E-state index contributed by atoms with van der Waals surface area (Å²) in [7, 11) is 0. The summed E-state index contributed by atoms with van der Waals surface area (Å²) in [5, 5.41) is 8.92. The summed E-state index contributed by atoms with van der Waals surface area (Å²) < 4.78 is 5.76. The minimum atomic E-state index is 0.329. The van der Waals surface area contributed by atoms with Crippen LogP contribution in [0, 0.1) is 19.8 Å². The van der Waals surface area contributed by atoms with Crippen molar-refractivity contribution in [1.82, 2.24) is 4.90 Å². The lowest BCUT2D eigenvalue weighted by Gasteiger charge is -2.38. The normalized spacial score (nSPS) is 16.6. The number of benzene rings is 1. The highest BCUT2D eigenvalue weighted by molar-refractivity contribution is 5.32. The Morgan fingerprint density at radius 1 is 1.22 bits per heavy atom. The van der Waals surface area contributed by atoms with Gasteiger partial charge in [-0.1, -0.05) is 6.07 Å². The van der Waals surface area contributed by atoms with Crippen molar-refractivity contribution in [2.24, 2.45) is 5.92 Å². The van der Waals surface area contributed by atoms with Crippen LogP contribution in [0.2, 0.25) is 0 Å². The van der Waals surface area contributed by atoms with Gasteiger partial charge in [0.05, 0.1) is 6.61 Å². The third-order valence-electron chi connectivity index (χ3n) is 3.37. The van der Waals surface area contributed by atoms with Crippen LogP contribution in [0.5, 0.6) is 5.75 Å². The quantitative estimate of drug-likeness (QED) is 0.783. The van der Waals surface area contributed by atoms with Crippen molar-refractivity contribution in [2.75, 3.05) is 32.8 Å². The van der Waals surface area contributed by atoms with Crippen LogP contribution in [0.1, 0.15) is 17.5 Å². The molecule has 1 fully saturated rings. The van der Waals surface area contributed by atoms with E-state index >= 15 is 0 Å². The van der Waals surface area contributed by atoms with Crippen LogP contribution >= 0.6 is 0 Å². The predicted molar refractivity (Wildman–Crippen MR) is 73.0 cm³/mol. The summed E-state index contributed by atoms with van der Waals surface area (Å²) >= 11 is 0. The zero-order valence-corrected chi connectivity index (χ0v) is 11.4. The van der Waals surface area contributed by atoms with E-state index < -0.39 is 0 Å². The third kappa shape index (κ3) is 3.72. The van der Waals surface area contributed by atoms with E-state index in [-0.39, 0.29) is 0 Å². The summed E-state index contributed by atoms with van der Waals surface area (Å²) in [5.74, 6) is 1.48. The van der Waals surface area contributed by atoms with Gasteiger partial charge in [-0.3, -0.25) is 0 Å². The van der Waals surface area contributed by atoms with Gasteiger partial charge in [-0.05, 0) is 43.5 Å². The van der Waals surface area contributed by atoms with Crippen molar-refractivity contribution in [3.63, 3.8) is 0 Å². The Hall–Kier alpha value is -1.06. The topological polar surface area (TPSA) is 32.7 Å². The lowest BCUT2D eigenvalue weighted by molar-refractivity contribution is 0.0502. The molecule has 18 heavy (non-hydrogen) atoms. The van der Waals surface area contributed by atoms with Crippen molar-refractivity contribution < 1.29 is 9.84 Å². The summed E-state index contributed by atoms with van der Waals surface area (Å²) in [6.45, 7) is 8.43. The average molecular weight is 249 g/mol. The lowest BCUT2D eigenvalue weighted by Crippen LogP contribution is -2.48. The van der Waals surface area contributed by atoms with E-state index in [0.29, 0.717) is 12.5 Å². The molecule has 1 aromatic rings. The van der Waals surface area contributed by atoms with E-state index in [1.54, 1.807) is 0 Å². The van der Waals surface area contributed by atoms with Crippen LogP contribution in [-0.2, 0) is 0 Å². The minimum absolute atomic E-state index is 0.329. The fourth-order valence-electron chi connectivity index (χ4n) is 2.47. The van der Waals surface area contributed by atoms with E-state index in [0.717, 1.165) is 38.4 Å². The molecular weight excluding hydrogens is 226 g/mol. The maximum Gasteiger partial charge on any atom is 0.119 e. The van der Waals surface area contributed by atoms with Gasteiger partial charge in [-0.25, -0.2) is 0 Å². The Labute approximate surface area is 109 Å². The smallest absolute Gasteiger partial charge is 0.119 e. The molecule has 0 unspecified atom stereocenters. The number of hydrogen-bond acceptors (Lipinski definition) is 3. The number of aliphatic hydroxyl groups is 1. The first-order valence-corrected chi connectivity index (χ1v) is 6.71. The molecule has 1 aromatic carbocycles. The Balaban J connectivity index is 1.63. The number of rotatable bonds is 6. The number of hydrogen-bond donors (Lipinski definition) is 1. The van der Waals surface area contributed by atoms with Crippen molar-refractivity contribution in [3.05, 3.63) is 29.3 Å². The van der Waals surface area contributed by atoms with Crippen molar-refractivity contribution in [3.8, 4) is 5.75 Å². The highest BCUT2D eigenvalue weighted by Crippen LogP contribution is 2.17. The first-order chi connectivity index (χ1) is 8.67. The molecule has 1 heterocycles. The van der Waals surface area contributed by atoms with E-state index in [1.165, 1.54) is 11.1 Å². The number of ether oxygens (including phenoxy) is 1. The molecule has 1 N–H and O–H groups in total. The van der Waals surface area contributed by atoms with E-state index in [1.807, 2.05) is 0 Å². The lowest BCUT2D eigenvalue weighted by atomic mass is 10.0. The van der Waals surface area contributed by atoms with Gasteiger partial charge in [0, 0.05) is 32.2 Å². The van der Waals surface area contributed by atoms with Gasteiger partial charge in [0.1, 0.15) is 5.75 Å². The second-order valence-electron chi connectivity index (χ2n) is 5.33. The van der Waals surface area contributed by atoms with Crippen LogP contribution in [-0.4, -0.2) is 42.9 Å². The van der Waals surface area contributed by atoms with Crippen LogP contribution in [0.3, 0.4) is 0 Å². The zero-order valence-electron chi connectivity index (χ0n) is 11.4. The highest BCUT2D eigenvalue weighted by atomic mass is 16.5. The molecule has 3 heteroatoms. The monoisotopic (exact) mass is 249 g/mol. The molecule has 0 saturated carbocycles. The zero-order chi connectivity index (χ0) is 13.0. The van der Waals surface area contributed by atoms with E-state index in [4.69, 9.17) is 9.84 Å². The number of aliphatic hydroxyl groups excluding tert-OH is 1. The molecule has 0 amide bonds. The van der Waals surface area contributed by atoms with Crippen LogP contribution in [0.15, 0.2) is 18.2 Å². The fraction of sp³-hybridized carbons (Fsp3) is 0.600. The number of aryl methyl sites for hydroxylation is 2. The van der Waals surface area contributed by atoms with Gasteiger partial charge in [-0.2, -0.15) is 0 Å². The molecule has 1 aliphatic rings. The molecule has 3 nitrogen and oxygen atoms in total. The van der Waals surface area contributed by atoms with Gasteiger partial charge >= 0.3 is 0 Å². The van der Waals surface area contributed by atoms with E-state index in [9.17, 15) is 0 Å². The van der Waals surface area contributed by atoms with E-state index in [2.05, 4.69) is 36.9 Å². The Morgan fingerprint density at radius 2 is 1.89 bits per heavy atom. The molecule has 0 radical (unpaired) electrons. The van der Waals surface area contributed by atoms with Crippen molar-refractivity contribution in [2.45, 2.75) is 20.3 Å². The van der Waals surface area contributed by atoms with Crippen LogP contribution in [0.25, 0.3) is 0 Å². The molecule has 1 aliphatic heterocycles. The minimum Gasteiger partial charge on any atom is -0.494 e.